The van der Waals surface area contributed by atoms with E-state index >= 15 is 0 Å². The third kappa shape index (κ3) is 3.34. The maximum absolute atomic E-state index is 13.8. The Balaban J connectivity index is 1.80. The van der Waals surface area contributed by atoms with Crippen LogP contribution in [0, 0.1) is 6.92 Å². The fourth-order valence-corrected chi connectivity index (χ4v) is 5.50. The van der Waals surface area contributed by atoms with Gasteiger partial charge in [-0.1, -0.05) is 48.0 Å². The number of nitrogens with zero attached hydrogens (tertiary/aromatic N) is 4. The van der Waals surface area contributed by atoms with Gasteiger partial charge in [0.05, 0.1) is 39.7 Å². The number of benzene rings is 3. The molecule has 0 radical (unpaired) electrons. The van der Waals surface area contributed by atoms with Gasteiger partial charge in [-0.15, -0.1) is 0 Å². The third-order valence-corrected chi connectivity index (χ3v) is 7.36. The molecule has 0 fully saturated rings. The van der Waals surface area contributed by atoms with E-state index in [9.17, 15) is 9.59 Å². The van der Waals surface area contributed by atoms with Crippen molar-refractivity contribution in [3.8, 4) is 16.9 Å². The van der Waals surface area contributed by atoms with Gasteiger partial charge in [-0.25, -0.2) is 4.79 Å². The summed E-state index contributed by atoms with van der Waals surface area (Å²) in [5, 5.41) is 4.25. The second-order valence-corrected chi connectivity index (χ2v) is 9.95. The first kappa shape index (κ1) is 22.9. The van der Waals surface area contributed by atoms with Crippen molar-refractivity contribution in [2.75, 3.05) is 24.3 Å². The largest absolute Gasteiger partial charge is 0.378 e. The molecule has 7 nitrogen and oxygen atoms in total. The lowest BCUT2D eigenvalue weighted by Crippen LogP contribution is -2.37. The number of para-hydroxylation sites is 2. The molecule has 7 heteroatoms. The van der Waals surface area contributed by atoms with Crippen LogP contribution in [0.4, 0.5) is 11.4 Å². The number of fused-ring (bicyclic) bond motifs is 5. The second kappa shape index (κ2) is 8.27. The maximum Gasteiger partial charge on any atom is 0.331 e. The van der Waals surface area contributed by atoms with Crippen LogP contribution in [-0.2, 0) is 14.1 Å². The molecule has 0 saturated heterocycles. The van der Waals surface area contributed by atoms with Crippen LogP contribution in [0.2, 0.25) is 0 Å². The SMILES string of the molecule is Cc1cccc(-c2c3c(=O)n(C)c(=O)n(C)c3c3n2-c2ccccc2N[C@@H]3c2ccc(N(C)C)cc2)c1. The average molecular weight is 492 g/mol. The Morgan fingerprint density at radius 3 is 2.30 bits per heavy atom. The molecule has 1 aliphatic heterocycles. The van der Waals surface area contributed by atoms with Crippen molar-refractivity contribution in [3.63, 3.8) is 0 Å². The summed E-state index contributed by atoms with van der Waals surface area (Å²) in [5.74, 6) is 0. The van der Waals surface area contributed by atoms with E-state index in [4.69, 9.17) is 0 Å². The Labute approximate surface area is 214 Å². The van der Waals surface area contributed by atoms with Crippen molar-refractivity contribution in [1.82, 2.24) is 13.7 Å². The van der Waals surface area contributed by atoms with E-state index < -0.39 is 0 Å². The van der Waals surface area contributed by atoms with Gasteiger partial charge in [0.15, 0.2) is 0 Å². The Hall–Kier alpha value is -4.52. The summed E-state index contributed by atoms with van der Waals surface area (Å²) < 4.78 is 4.99. The molecule has 6 rings (SSSR count). The Morgan fingerprint density at radius 2 is 1.59 bits per heavy atom. The predicted molar refractivity (Wildman–Crippen MR) is 150 cm³/mol. The molecule has 1 N–H and O–H groups in total. The zero-order valence-corrected chi connectivity index (χ0v) is 21.6. The average Bonchev–Trinajstić information content (AvgIpc) is 3.27. The first-order valence-corrected chi connectivity index (χ1v) is 12.3. The van der Waals surface area contributed by atoms with Crippen molar-refractivity contribution in [3.05, 3.63) is 110 Å². The standard InChI is InChI=1S/C30H29N5O2/c1-18-9-8-10-20(17-18)26-24-27(33(4)30(37)34(5)29(24)36)28-25(19-13-15-21(16-14-19)32(2)3)31-22-11-6-7-12-23(22)35(26)28/h6-17,25,31H,1-5H3/t25-/m1/s1. The number of hydrogen-bond donors (Lipinski definition) is 1. The van der Waals surface area contributed by atoms with Crippen molar-refractivity contribution >= 4 is 22.3 Å². The zero-order chi connectivity index (χ0) is 26.0. The molecule has 5 aromatic rings. The van der Waals surface area contributed by atoms with Crippen LogP contribution in [0.1, 0.15) is 22.9 Å². The van der Waals surface area contributed by atoms with Crippen LogP contribution in [0.25, 0.3) is 27.8 Å². The minimum Gasteiger partial charge on any atom is -0.378 e. The Morgan fingerprint density at radius 1 is 0.865 bits per heavy atom. The van der Waals surface area contributed by atoms with Crippen LogP contribution >= 0.6 is 0 Å². The molecule has 37 heavy (non-hydrogen) atoms. The van der Waals surface area contributed by atoms with Gasteiger partial charge in [-0.2, -0.15) is 0 Å². The van der Waals surface area contributed by atoms with E-state index in [-0.39, 0.29) is 17.3 Å². The van der Waals surface area contributed by atoms with Gasteiger partial charge >= 0.3 is 5.69 Å². The number of aromatic nitrogens is 3. The number of aryl methyl sites for hydroxylation is 2. The molecule has 1 atom stereocenters. The zero-order valence-electron chi connectivity index (χ0n) is 21.6. The molecule has 3 aromatic carbocycles. The molecule has 0 bridgehead atoms. The Bertz CT molecular complexity index is 1810. The molecular formula is C30H29N5O2. The van der Waals surface area contributed by atoms with Gasteiger partial charge in [-0.05, 0) is 48.4 Å². The fraction of sp³-hybridized carbons (Fsp3) is 0.200. The van der Waals surface area contributed by atoms with Crippen LogP contribution in [0.15, 0.2) is 82.4 Å². The first-order valence-electron chi connectivity index (χ1n) is 12.3. The lowest BCUT2D eigenvalue weighted by molar-refractivity contribution is 0.708. The summed E-state index contributed by atoms with van der Waals surface area (Å²) in [4.78, 5) is 29.0. The smallest absolute Gasteiger partial charge is 0.331 e. The van der Waals surface area contributed by atoms with E-state index in [1.54, 1.807) is 18.7 Å². The van der Waals surface area contributed by atoms with Gasteiger partial charge in [0.1, 0.15) is 0 Å². The van der Waals surface area contributed by atoms with Gasteiger partial charge in [0.25, 0.3) is 5.56 Å². The number of anilines is 2. The maximum atomic E-state index is 13.8. The molecule has 186 valence electrons. The number of hydrogen-bond acceptors (Lipinski definition) is 4. The van der Waals surface area contributed by atoms with Gasteiger partial charge < -0.3 is 14.8 Å². The Kier molecular flexibility index (Phi) is 5.12. The molecule has 1 aliphatic rings. The van der Waals surface area contributed by atoms with Gasteiger partial charge in [-0.3, -0.25) is 13.9 Å². The lowest BCUT2D eigenvalue weighted by Gasteiger charge is -2.31. The normalized spacial score (nSPS) is 14.2. The second-order valence-electron chi connectivity index (χ2n) is 9.95. The molecule has 0 aliphatic carbocycles. The van der Waals surface area contributed by atoms with Crippen molar-refractivity contribution in [2.45, 2.75) is 13.0 Å². The van der Waals surface area contributed by atoms with Crippen LogP contribution in [0.3, 0.4) is 0 Å². The number of rotatable bonds is 3. The summed E-state index contributed by atoms with van der Waals surface area (Å²) in [6.07, 6.45) is 0. The summed E-state index contributed by atoms with van der Waals surface area (Å²) in [5.41, 5.74) is 7.77. The lowest BCUT2D eigenvalue weighted by atomic mass is 9.99. The molecule has 0 spiro atoms. The summed E-state index contributed by atoms with van der Waals surface area (Å²) >= 11 is 0. The molecule has 0 amide bonds. The minimum atomic E-state index is -0.345. The predicted octanol–water partition coefficient (Wildman–Crippen LogP) is 4.58. The van der Waals surface area contributed by atoms with E-state index in [0.717, 1.165) is 45.1 Å². The highest BCUT2D eigenvalue weighted by Gasteiger charge is 2.34. The highest BCUT2D eigenvalue weighted by atomic mass is 16.2. The van der Waals surface area contributed by atoms with E-state index in [1.165, 1.54) is 4.57 Å². The topological polar surface area (TPSA) is 64.2 Å². The molecule has 3 heterocycles. The van der Waals surface area contributed by atoms with Gasteiger partial charge in [0.2, 0.25) is 0 Å². The van der Waals surface area contributed by atoms with Crippen molar-refractivity contribution < 1.29 is 0 Å². The van der Waals surface area contributed by atoms with E-state index in [1.807, 2.05) is 51.4 Å². The summed E-state index contributed by atoms with van der Waals surface area (Å²) in [6.45, 7) is 2.05. The molecular weight excluding hydrogens is 462 g/mol. The molecule has 2 aromatic heterocycles. The van der Waals surface area contributed by atoms with Crippen molar-refractivity contribution in [1.29, 1.82) is 0 Å². The first-order chi connectivity index (χ1) is 17.8. The minimum absolute atomic E-state index is 0.273. The summed E-state index contributed by atoms with van der Waals surface area (Å²) in [7, 11) is 7.33. The van der Waals surface area contributed by atoms with Crippen LogP contribution < -0.4 is 21.5 Å². The highest BCUT2D eigenvalue weighted by Crippen LogP contribution is 2.45. The van der Waals surface area contributed by atoms with Gasteiger partial charge in [0, 0.05) is 33.9 Å². The fourth-order valence-electron chi connectivity index (χ4n) is 5.50. The molecule has 0 unspecified atom stereocenters. The van der Waals surface area contributed by atoms with Crippen LogP contribution in [-0.4, -0.2) is 27.8 Å². The molecule has 0 saturated carbocycles. The van der Waals surface area contributed by atoms with E-state index in [2.05, 4.69) is 57.2 Å². The van der Waals surface area contributed by atoms with Crippen molar-refractivity contribution in [2.24, 2.45) is 14.1 Å². The van der Waals surface area contributed by atoms with E-state index in [0.29, 0.717) is 10.9 Å². The summed E-state index contributed by atoms with van der Waals surface area (Å²) in [6, 6.07) is 24.4. The monoisotopic (exact) mass is 491 g/mol. The third-order valence-electron chi connectivity index (χ3n) is 7.36. The quantitative estimate of drug-likeness (QED) is 0.401. The van der Waals surface area contributed by atoms with Crippen LogP contribution in [0.5, 0.6) is 0 Å². The highest BCUT2D eigenvalue weighted by molar-refractivity contribution is 5.99. The number of nitrogens with one attached hydrogen (secondary N) is 1.